The van der Waals surface area contributed by atoms with E-state index in [1.165, 1.54) is 17.4 Å². The largest absolute Gasteiger partial charge is 0.369 e. The highest BCUT2D eigenvalue weighted by Crippen LogP contribution is 2.25. The van der Waals surface area contributed by atoms with Crippen molar-refractivity contribution in [3.05, 3.63) is 59.0 Å². The van der Waals surface area contributed by atoms with Gasteiger partial charge in [-0.3, -0.25) is 9.59 Å². The highest BCUT2D eigenvalue weighted by Gasteiger charge is 2.35. The highest BCUT2D eigenvalue weighted by molar-refractivity contribution is 7.13. The molecule has 7 heteroatoms. The average Bonchev–Trinajstić information content (AvgIpc) is 3.32. The molecular formula is C25H33N3O3S. The summed E-state index contributed by atoms with van der Waals surface area (Å²) in [5.74, 6) is -0.307. The van der Waals surface area contributed by atoms with Gasteiger partial charge in [-0.25, -0.2) is 0 Å². The van der Waals surface area contributed by atoms with Crippen molar-refractivity contribution in [1.29, 1.82) is 0 Å². The quantitative estimate of drug-likeness (QED) is 0.537. The summed E-state index contributed by atoms with van der Waals surface area (Å²) in [6, 6.07) is 11.6. The Kier molecular flexibility index (Phi) is 8.61. The van der Waals surface area contributed by atoms with Gasteiger partial charge in [-0.1, -0.05) is 44.2 Å². The molecule has 6 nitrogen and oxygen atoms in total. The molecule has 2 aromatic rings. The van der Waals surface area contributed by atoms with Gasteiger partial charge in [0.1, 0.15) is 0 Å². The van der Waals surface area contributed by atoms with E-state index in [9.17, 15) is 9.59 Å². The maximum Gasteiger partial charge on any atom is 0.247 e. The number of nitrogens with one attached hydrogen (secondary N) is 2. The zero-order valence-corrected chi connectivity index (χ0v) is 19.8. The predicted octanol–water partition coefficient (Wildman–Crippen LogP) is 3.77. The first kappa shape index (κ1) is 24.2. The van der Waals surface area contributed by atoms with Crippen LogP contribution in [0.15, 0.2) is 53.4 Å². The Morgan fingerprint density at radius 3 is 2.50 bits per heavy atom. The molecule has 0 spiro atoms. The summed E-state index contributed by atoms with van der Waals surface area (Å²) in [6.07, 6.45) is 3.54. The number of hydrogen-bond donors (Lipinski definition) is 3. The number of ether oxygens (including phenoxy) is 1. The zero-order chi connectivity index (χ0) is 23.1. The summed E-state index contributed by atoms with van der Waals surface area (Å²) >= 11 is 1.70. The summed E-state index contributed by atoms with van der Waals surface area (Å²) in [7, 11) is 0. The van der Waals surface area contributed by atoms with Gasteiger partial charge in [0.2, 0.25) is 11.8 Å². The maximum absolute atomic E-state index is 12.9. The molecule has 3 atom stereocenters. The number of rotatable bonds is 9. The van der Waals surface area contributed by atoms with E-state index in [0.717, 1.165) is 18.4 Å². The molecule has 4 N–H and O–H groups in total. The molecule has 32 heavy (non-hydrogen) atoms. The first-order valence-corrected chi connectivity index (χ1v) is 12.1. The molecule has 172 valence electrons. The van der Waals surface area contributed by atoms with Crippen LogP contribution in [0.4, 0.5) is 0 Å². The lowest BCUT2D eigenvalue weighted by Gasteiger charge is -2.36. The van der Waals surface area contributed by atoms with E-state index in [-0.39, 0.29) is 24.0 Å². The molecule has 0 aliphatic heterocycles. The summed E-state index contributed by atoms with van der Waals surface area (Å²) in [5, 5.41) is 7.96. The second kappa shape index (κ2) is 11.4. The second-order valence-corrected chi connectivity index (χ2v) is 9.13. The monoisotopic (exact) mass is 455 g/mol. The lowest BCUT2D eigenvalue weighted by molar-refractivity contribution is -0.121. The molecular weight excluding hydrogens is 422 g/mol. The van der Waals surface area contributed by atoms with Crippen LogP contribution in [0.2, 0.25) is 0 Å². The minimum atomic E-state index is -0.432. The van der Waals surface area contributed by atoms with Gasteiger partial charge >= 0.3 is 0 Å². The molecule has 1 aliphatic carbocycles. The van der Waals surface area contributed by atoms with Crippen molar-refractivity contribution < 1.29 is 14.3 Å². The van der Waals surface area contributed by atoms with Crippen LogP contribution in [0.5, 0.6) is 0 Å². The Hall–Kier alpha value is -2.48. The summed E-state index contributed by atoms with van der Waals surface area (Å²) in [6.45, 7) is 6.02. The van der Waals surface area contributed by atoms with Crippen LogP contribution >= 0.6 is 11.3 Å². The highest BCUT2D eigenvalue weighted by atomic mass is 32.1. The second-order valence-electron chi connectivity index (χ2n) is 8.18. The Balaban J connectivity index is 1.67. The van der Waals surface area contributed by atoms with Gasteiger partial charge in [0, 0.05) is 30.0 Å². The number of amides is 2. The van der Waals surface area contributed by atoms with Gasteiger partial charge in [-0.15, -0.1) is 11.3 Å². The molecule has 0 bridgehead atoms. The standard InChI is InChI=1S/C25H33N3O3S/c1-4-20(5-2)31-22-14-19(13-21(26)24(22)28-16(3)29)25(30)27-15-17-8-10-18(11-9-17)23-7-6-12-32-23/h6-12,14,20-22,24H,4-5,13,15,26H2,1-3H3,(H,27,30)(H,28,29)/t21-,22+,24+/m0/s1. The van der Waals surface area contributed by atoms with Crippen LogP contribution in [0.1, 0.15) is 45.6 Å². The summed E-state index contributed by atoms with van der Waals surface area (Å²) in [4.78, 5) is 25.8. The Morgan fingerprint density at radius 1 is 1.19 bits per heavy atom. The first-order valence-electron chi connectivity index (χ1n) is 11.2. The molecule has 0 saturated heterocycles. The number of carbonyl (C=O) groups is 2. The van der Waals surface area contributed by atoms with Crippen molar-refractivity contribution in [3.63, 3.8) is 0 Å². The fourth-order valence-corrected chi connectivity index (χ4v) is 4.67. The Bertz CT molecular complexity index is 920. The molecule has 0 saturated carbocycles. The molecule has 0 radical (unpaired) electrons. The molecule has 1 heterocycles. The summed E-state index contributed by atoms with van der Waals surface area (Å²) < 4.78 is 6.22. The lowest BCUT2D eigenvalue weighted by atomic mass is 9.87. The molecule has 1 aromatic heterocycles. The SMILES string of the molecule is CCC(CC)O[C@@H]1C=C(C(=O)NCc2ccc(-c3cccs3)cc2)C[C@H](N)[C@H]1NC(C)=O. The van der Waals surface area contributed by atoms with E-state index in [0.29, 0.717) is 18.5 Å². The lowest BCUT2D eigenvalue weighted by Crippen LogP contribution is -2.57. The first-order chi connectivity index (χ1) is 15.4. The van der Waals surface area contributed by atoms with Crippen LogP contribution in [0.3, 0.4) is 0 Å². The smallest absolute Gasteiger partial charge is 0.247 e. The molecule has 1 aliphatic rings. The predicted molar refractivity (Wildman–Crippen MR) is 129 cm³/mol. The van der Waals surface area contributed by atoms with Crippen molar-refractivity contribution >= 4 is 23.2 Å². The van der Waals surface area contributed by atoms with E-state index in [1.54, 1.807) is 11.3 Å². The van der Waals surface area contributed by atoms with E-state index >= 15 is 0 Å². The molecule has 1 aromatic carbocycles. The minimum absolute atomic E-state index is 0.0454. The third-order valence-electron chi connectivity index (χ3n) is 5.77. The van der Waals surface area contributed by atoms with E-state index in [1.807, 2.05) is 24.3 Å². The van der Waals surface area contributed by atoms with E-state index in [2.05, 4.69) is 48.1 Å². The van der Waals surface area contributed by atoms with E-state index < -0.39 is 12.1 Å². The van der Waals surface area contributed by atoms with Crippen molar-refractivity contribution in [2.75, 3.05) is 0 Å². The van der Waals surface area contributed by atoms with Gasteiger partial charge in [-0.05, 0) is 47.9 Å². The average molecular weight is 456 g/mol. The Morgan fingerprint density at radius 2 is 1.91 bits per heavy atom. The van der Waals surface area contributed by atoms with E-state index in [4.69, 9.17) is 10.5 Å². The third-order valence-corrected chi connectivity index (χ3v) is 6.69. The summed E-state index contributed by atoms with van der Waals surface area (Å²) in [5.41, 5.74) is 9.16. The third kappa shape index (κ3) is 6.28. The number of nitrogens with two attached hydrogens (primary N) is 1. The van der Waals surface area contributed by atoms with Crippen LogP contribution in [-0.2, 0) is 20.9 Å². The maximum atomic E-state index is 12.9. The van der Waals surface area contributed by atoms with Gasteiger partial charge in [-0.2, -0.15) is 0 Å². The van der Waals surface area contributed by atoms with Crippen molar-refractivity contribution in [1.82, 2.24) is 10.6 Å². The molecule has 3 rings (SSSR count). The van der Waals surface area contributed by atoms with Gasteiger partial charge < -0.3 is 21.1 Å². The number of hydrogen-bond acceptors (Lipinski definition) is 5. The van der Waals surface area contributed by atoms with Gasteiger partial charge in [0.15, 0.2) is 0 Å². The molecule has 0 fully saturated rings. The normalized spacial score (nSPS) is 20.7. The molecule has 2 amide bonds. The van der Waals surface area contributed by atoms with Crippen LogP contribution in [0.25, 0.3) is 10.4 Å². The van der Waals surface area contributed by atoms with Crippen molar-refractivity contribution in [3.8, 4) is 10.4 Å². The van der Waals surface area contributed by atoms with Crippen LogP contribution in [0, 0.1) is 0 Å². The number of thiophene rings is 1. The Labute approximate surface area is 194 Å². The van der Waals surface area contributed by atoms with Crippen LogP contribution in [-0.4, -0.2) is 36.1 Å². The van der Waals surface area contributed by atoms with Gasteiger partial charge in [0.05, 0.1) is 18.2 Å². The van der Waals surface area contributed by atoms with Crippen molar-refractivity contribution in [2.45, 2.75) is 70.9 Å². The molecule has 0 unspecified atom stereocenters. The van der Waals surface area contributed by atoms with Gasteiger partial charge in [0.25, 0.3) is 0 Å². The number of carbonyl (C=O) groups excluding carboxylic acids is 2. The van der Waals surface area contributed by atoms with Crippen molar-refractivity contribution in [2.24, 2.45) is 5.73 Å². The van der Waals surface area contributed by atoms with Crippen LogP contribution < -0.4 is 16.4 Å². The topological polar surface area (TPSA) is 93.4 Å². The fraction of sp³-hybridized carbons (Fsp3) is 0.440. The fourth-order valence-electron chi connectivity index (χ4n) is 3.94. The zero-order valence-electron chi connectivity index (χ0n) is 19.0. The minimum Gasteiger partial charge on any atom is -0.369 e. The number of benzene rings is 1.